The summed E-state index contributed by atoms with van der Waals surface area (Å²) in [6.07, 6.45) is 6.69. The topological polar surface area (TPSA) is 52.6 Å². The van der Waals surface area contributed by atoms with Gasteiger partial charge in [-0.25, -0.2) is 9.97 Å². The molecule has 138 valence electrons. The summed E-state index contributed by atoms with van der Waals surface area (Å²) in [5.74, 6) is 2.20. The van der Waals surface area contributed by atoms with Crippen molar-refractivity contribution in [3.8, 4) is 0 Å². The van der Waals surface area contributed by atoms with Crippen molar-refractivity contribution in [3.05, 3.63) is 17.6 Å². The fraction of sp³-hybridized carbons (Fsp3) is 0.737. The van der Waals surface area contributed by atoms with Crippen molar-refractivity contribution in [3.63, 3.8) is 0 Å². The average Bonchev–Trinajstić information content (AvgIpc) is 2.74. The number of aryl methyl sites for hydroxylation is 2. The summed E-state index contributed by atoms with van der Waals surface area (Å²) >= 11 is 0. The van der Waals surface area contributed by atoms with Gasteiger partial charge in [0.25, 0.3) is 0 Å². The number of carbonyl (C=O) groups excluding carboxylic acids is 1. The summed E-state index contributed by atoms with van der Waals surface area (Å²) in [4.78, 5) is 28.2. The number of amides is 1. The molecule has 1 atom stereocenters. The summed E-state index contributed by atoms with van der Waals surface area (Å²) in [7, 11) is 4.14. The summed E-state index contributed by atoms with van der Waals surface area (Å²) in [5, 5.41) is 0. The molecule has 0 N–H and O–H groups in total. The molecular formula is C19H31N5O. The van der Waals surface area contributed by atoms with E-state index in [2.05, 4.69) is 28.8 Å². The van der Waals surface area contributed by atoms with Crippen LogP contribution in [0.2, 0.25) is 0 Å². The van der Waals surface area contributed by atoms with Crippen LogP contribution in [-0.4, -0.2) is 71.5 Å². The van der Waals surface area contributed by atoms with E-state index in [9.17, 15) is 4.79 Å². The van der Waals surface area contributed by atoms with E-state index >= 15 is 0 Å². The first kappa shape index (κ1) is 18.1. The molecule has 6 heteroatoms. The van der Waals surface area contributed by atoms with Crippen LogP contribution in [0.5, 0.6) is 0 Å². The van der Waals surface area contributed by atoms with Crippen LogP contribution in [0.1, 0.15) is 44.0 Å². The second-order valence-corrected chi connectivity index (χ2v) is 7.65. The minimum atomic E-state index is 0.0566. The quantitative estimate of drug-likeness (QED) is 0.837. The number of aromatic nitrogens is 2. The molecule has 1 amide bonds. The molecule has 3 rings (SSSR count). The zero-order valence-electron chi connectivity index (χ0n) is 16.1. The lowest BCUT2D eigenvalue weighted by molar-refractivity contribution is -0.129. The molecule has 1 aromatic heterocycles. The summed E-state index contributed by atoms with van der Waals surface area (Å²) in [5.41, 5.74) is 1.30. The van der Waals surface area contributed by atoms with E-state index in [0.29, 0.717) is 6.42 Å². The van der Waals surface area contributed by atoms with Gasteiger partial charge < -0.3 is 9.80 Å². The number of hydrogen-bond acceptors (Lipinski definition) is 5. The van der Waals surface area contributed by atoms with E-state index in [0.717, 1.165) is 63.5 Å². The molecule has 0 unspecified atom stereocenters. The molecule has 2 saturated heterocycles. The van der Waals surface area contributed by atoms with Crippen LogP contribution in [-0.2, 0) is 11.2 Å². The molecule has 2 fully saturated rings. The number of nitrogens with zero attached hydrogens (tertiary/aromatic N) is 5. The van der Waals surface area contributed by atoms with Gasteiger partial charge in [-0.05, 0) is 33.2 Å². The van der Waals surface area contributed by atoms with Crippen LogP contribution in [0.4, 0.5) is 5.82 Å². The van der Waals surface area contributed by atoms with E-state index in [1.165, 1.54) is 5.56 Å². The van der Waals surface area contributed by atoms with Gasteiger partial charge >= 0.3 is 0 Å². The number of carbonyl (C=O) groups is 1. The Morgan fingerprint density at radius 3 is 2.76 bits per heavy atom. The molecular weight excluding hydrogens is 314 g/mol. The van der Waals surface area contributed by atoms with Gasteiger partial charge in [0, 0.05) is 56.9 Å². The third-order valence-electron chi connectivity index (χ3n) is 5.92. The molecule has 2 aliphatic rings. The highest BCUT2D eigenvalue weighted by Gasteiger charge is 2.42. The van der Waals surface area contributed by atoms with Gasteiger partial charge in [0.2, 0.25) is 5.91 Å². The Hall–Kier alpha value is -1.69. The maximum Gasteiger partial charge on any atom is 0.222 e. The van der Waals surface area contributed by atoms with Gasteiger partial charge in [-0.3, -0.25) is 9.69 Å². The molecule has 3 heterocycles. The second kappa shape index (κ2) is 7.28. The lowest BCUT2D eigenvalue weighted by atomic mass is 9.86. The zero-order valence-corrected chi connectivity index (χ0v) is 16.1. The Bertz CT molecular complexity index is 634. The lowest BCUT2D eigenvalue weighted by Gasteiger charge is -2.50. The first-order valence-corrected chi connectivity index (χ1v) is 9.48. The Labute approximate surface area is 151 Å². The fourth-order valence-corrected chi connectivity index (χ4v) is 4.14. The van der Waals surface area contributed by atoms with Crippen molar-refractivity contribution >= 4 is 11.7 Å². The Balaban J connectivity index is 1.88. The third-order valence-corrected chi connectivity index (χ3v) is 5.92. The molecule has 0 saturated carbocycles. The van der Waals surface area contributed by atoms with Crippen molar-refractivity contribution in [2.75, 3.05) is 45.2 Å². The van der Waals surface area contributed by atoms with E-state index in [4.69, 9.17) is 4.98 Å². The van der Waals surface area contributed by atoms with Crippen molar-refractivity contribution < 1.29 is 4.79 Å². The minimum absolute atomic E-state index is 0.0566. The molecule has 1 aromatic rings. The van der Waals surface area contributed by atoms with Gasteiger partial charge in [0.05, 0.1) is 0 Å². The first-order chi connectivity index (χ1) is 11.9. The minimum Gasteiger partial charge on any atom is -0.353 e. The van der Waals surface area contributed by atoms with Gasteiger partial charge in [0.1, 0.15) is 11.6 Å². The zero-order chi connectivity index (χ0) is 18.0. The van der Waals surface area contributed by atoms with Gasteiger partial charge in [-0.1, -0.05) is 13.3 Å². The lowest BCUT2D eigenvalue weighted by Crippen LogP contribution is -2.61. The molecule has 25 heavy (non-hydrogen) atoms. The first-order valence-electron chi connectivity index (χ1n) is 9.48. The van der Waals surface area contributed by atoms with Crippen molar-refractivity contribution in [2.24, 2.45) is 0 Å². The molecule has 0 bridgehead atoms. The summed E-state index contributed by atoms with van der Waals surface area (Å²) < 4.78 is 0. The smallest absolute Gasteiger partial charge is 0.222 e. The standard InChI is InChI=1S/C19H31N5O/c1-5-6-16-13-20-15(2)21-18(16)24-12-11-23(4)19(14-24)8-7-17(25)22(3)10-9-19/h13H,5-12,14H2,1-4H3/t19-/m0/s1. The van der Waals surface area contributed by atoms with Crippen molar-refractivity contribution in [1.82, 2.24) is 19.8 Å². The monoisotopic (exact) mass is 345 g/mol. The number of piperazine rings is 1. The molecule has 2 aliphatic heterocycles. The molecule has 0 aliphatic carbocycles. The predicted molar refractivity (Wildman–Crippen MR) is 99.8 cm³/mol. The maximum absolute atomic E-state index is 12.2. The summed E-state index contributed by atoms with van der Waals surface area (Å²) in [6, 6.07) is 0. The number of rotatable bonds is 3. The fourth-order valence-electron chi connectivity index (χ4n) is 4.14. The average molecular weight is 345 g/mol. The van der Waals surface area contributed by atoms with Gasteiger partial charge in [-0.2, -0.15) is 0 Å². The number of likely N-dealkylation sites (N-methyl/N-ethyl adjacent to an activating group) is 1. The highest BCUT2D eigenvalue weighted by molar-refractivity contribution is 5.76. The SMILES string of the molecule is CCCc1cnc(C)nc1N1CCN(C)[C@]2(CCC(=O)N(C)CC2)C1. The number of hydrogen-bond donors (Lipinski definition) is 0. The Kier molecular flexibility index (Phi) is 5.27. The molecule has 0 aromatic carbocycles. The predicted octanol–water partition coefficient (Wildman–Crippen LogP) is 1.87. The van der Waals surface area contributed by atoms with Crippen molar-refractivity contribution in [2.45, 2.75) is 51.5 Å². The van der Waals surface area contributed by atoms with E-state index < -0.39 is 0 Å². The van der Waals surface area contributed by atoms with E-state index in [1.807, 2.05) is 25.1 Å². The Morgan fingerprint density at radius 2 is 2.00 bits per heavy atom. The van der Waals surface area contributed by atoms with E-state index in [-0.39, 0.29) is 11.4 Å². The van der Waals surface area contributed by atoms with Crippen molar-refractivity contribution in [1.29, 1.82) is 0 Å². The van der Waals surface area contributed by atoms with Crippen LogP contribution < -0.4 is 4.90 Å². The van der Waals surface area contributed by atoms with Crippen LogP contribution >= 0.6 is 0 Å². The molecule has 0 radical (unpaired) electrons. The van der Waals surface area contributed by atoms with Crippen LogP contribution in [0.3, 0.4) is 0 Å². The molecule has 6 nitrogen and oxygen atoms in total. The maximum atomic E-state index is 12.2. The highest BCUT2D eigenvalue weighted by atomic mass is 16.2. The third kappa shape index (κ3) is 3.64. The second-order valence-electron chi connectivity index (χ2n) is 7.65. The Morgan fingerprint density at radius 1 is 1.20 bits per heavy atom. The van der Waals surface area contributed by atoms with Crippen LogP contribution in [0.25, 0.3) is 0 Å². The normalized spacial score (nSPS) is 25.5. The largest absolute Gasteiger partial charge is 0.353 e. The summed E-state index contributed by atoms with van der Waals surface area (Å²) in [6.45, 7) is 7.92. The van der Waals surface area contributed by atoms with Crippen LogP contribution in [0.15, 0.2) is 6.20 Å². The van der Waals surface area contributed by atoms with Crippen LogP contribution in [0, 0.1) is 6.92 Å². The van der Waals surface area contributed by atoms with Gasteiger partial charge in [0.15, 0.2) is 0 Å². The number of anilines is 1. The molecule has 1 spiro atoms. The van der Waals surface area contributed by atoms with Gasteiger partial charge in [-0.15, -0.1) is 0 Å². The van der Waals surface area contributed by atoms with E-state index in [1.54, 1.807) is 0 Å². The number of likely N-dealkylation sites (tertiary alicyclic amines) is 1. The highest BCUT2D eigenvalue weighted by Crippen LogP contribution is 2.34.